The molecule has 3 amide bonds. The van der Waals surface area contributed by atoms with Gasteiger partial charge in [0.15, 0.2) is 0 Å². The van der Waals surface area contributed by atoms with Gasteiger partial charge in [-0.25, -0.2) is 9.59 Å². The predicted molar refractivity (Wildman–Crippen MR) is 99.4 cm³/mol. The van der Waals surface area contributed by atoms with Crippen LogP contribution in [0.15, 0.2) is 0 Å². The Hall–Kier alpha value is -2.03. The molecular weight excluding hydrogens is 352 g/mol. The van der Waals surface area contributed by atoms with Crippen molar-refractivity contribution in [1.29, 1.82) is 0 Å². The lowest BCUT2D eigenvalue weighted by Crippen LogP contribution is -2.50. The summed E-state index contributed by atoms with van der Waals surface area (Å²) in [5.41, 5.74) is 0. The van der Waals surface area contributed by atoms with Gasteiger partial charge < -0.3 is 24.6 Å². The number of nitrogens with one attached hydrogen (secondary N) is 1. The third-order valence-electron chi connectivity index (χ3n) is 4.94. The van der Waals surface area contributed by atoms with E-state index in [-0.39, 0.29) is 24.1 Å². The lowest BCUT2D eigenvalue weighted by molar-refractivity contribution is -0.122. The molecule has 0 aliphatic carbocycles. The van der Waals surface area contributed by atoms with Crippen LogP contribution in [0.25, 0.3) is 0 Å². The lowest BCUT2D eigenvalue weighted by Gasteiger charge is -2.34. The second kappa shape index (κ2) is 11.0. The fourth-order valence-electron chi connectivity index (χ4n) is 3.35. The normalized spacial score (nSPS) is 18.9. The van der Waals surface area contributed by atoms with Crippen molar-refractivity contribution in [2.24, 2.45) is 0 Å². The van der Waals surface area contributed by atoms with E-state index in [1.807, 2.05) is 0 Å². The summed E-state index contributed by atoms with van der Waals surface area (Å²) in [6.45, 7) is 9.04. The number of likely N-dealkylation sites (tertiary alicyclic amines) is 1. The summed E-state index contributed by atoms with van der Waals surface area (Å²) >= 11 is 0. The van der Waals surface area contributed by atoms with Crippen LogP contribution < -0.4 is 5.32 Å². The SMILES string of the molecule is CCOC(=O)N1CCC(NC(=O)CCN2CCN(C(=O)OCC)CC2)CC1. The summed E-state index contributed by atoms with van der Waals surface area (Å²) in [7, 11) is 0. The number of rotatable bonds is 6. The number of hydrogen-bond donors (Lipinski definition) is 1. The summed E-state index contributed by atoms with van der Waals surface area (Å²) in [6.07, 6.45) is 1.41. The zero-order chi connectivity index (χ0) is 19.6. The molecule has 2 fully saturated rings. The predicted octanol–water partition coefficient (Wildman–Crippen LogP) is 0.888. The van der Waals surface area contributed by atoms with Crippen molar-refractivity contribution in [3.8, 4) is 0 Å². The van der Waals surface area contributed by atoms with Gasteiger partial charge in [-0.3, -0.25) is 9.69 Å². The highest BCUT2D eigenvalue weighted by Crippen LogP contribution is 2.12. The van der Waals surface area contributed by atoms with E-state index in [1.54, 1.807) is 23.6 Å². The zero-order valence-corrected chi connectivity index (χ0v) is 16.4. The molecule has 0 aromatic carbocycles. The van der Waals surface area contributed by atoms with Crippen molar-refractivity contribution in [3.63, 3.8) is 0 Å². The molecule has 154 valence electrons. The molecule has 0 unspecified atom stereocenters. The topological polar surface area (TPSA) is 91.4 Å². The molecule has 0 spiro atoms. The Morgan fingerprint density at radius 1 is 0.852 bits per heavy atom. The van der Waals surface area contributed by atoms with Gasteiger partial charge in [-0.1, -0.05) is 0 Å². The van der Waals surface area contributed by atoms with E-state index >= 15 is 0 Å². The first-order valence-corrected chi connectivity index (χ1v) is 9.88. The Kier molecular flexibility index (Phi) is 8.63. The molecule has 2 aliphatic rings. The monoisotopic (exact) mass is 384 g/mol. The molecule has 0 bridgehead atoms. The van der Waals surface area contributed by atoms with E-state index in [9.17, 15) is 14.4 Å². The van der Waals surface area contributed by atoms with Crippen LogP contribution in [-0.2, 0) is 14.3 Å². The molecule has 0 saturated carbocycles. The molecule has 0 aromatic rings. The largest absolute Gasteiger partial charge is 0.450 e. The van der Waals surface area contributed by atoms with Gasteiger partial charge in [0.25, 0.3) is 0 Å². The van der Waals surface area contributed by atoms with Crippen molar-refractivity contribution >= 4 is 18.1 Å². The zero-order valence-electron chi connectivity index (χ0n) is 16.4. The van der Waals surface area contributed by atoms with E-state index in [4.69, 9.17) is 9.47 Å². The minimum Gasteiger partial charge on any atom is -0.450 e. The molecule has 9 heteroatoms. The molecule has 9 nitrogen and oxygen atoms in total. The van der Waals surface area contributed by atoms with Crippen LogP contribution >= 0.6 is 0 Å². The van der Waals surface area contributed by atoms with Crippen LogP contribution in [0, 0.1) is 0 Å². The molecule has 2 heterocycles. The molecule has 2 saturated heterocycles. The third kappa shape index (κ3) is 6.89. The van der Waals surface area contributed by atoms with Crippen molar-refractivity contribution in [2.75, 3.05) is 59.0 Å². The van der Waals surface area contributed by atoms with Crippen LogP contribution in [0.1, 0.15) is 33.1 Å². The van der Waals surface area contributed by atoms with Crippen LogP contribution in [0.2, 0.25) is 0 Å². The maximum Gasteiger partial charge on any atom is 0.409 e. The molecule has 2 aliphatic heterocycles. The molecule has 0 aromatic heterocycles. The molecule has 0 radical (unpaired) electrons. The molecule has 2 rings (SSSR count). The minimum atomic E-state index is -0.274. The van der Waals surface area contributed by atoms with E-state index < -0.39 is 0 Å². The van der Waals surface area contributed by atoms with Crippen molar-refractivity contribution in [2.45, 2.75) is 39.2 Å². The summed E-state index contributed by atoms with van der Waals surface area (Å²) < 4.78 is 10.0. The number of amides is 3. The van der Waals surface area contributed by atoms with Crippen molar-refractivity contribution in [3.05, 3.63) is 0 Å². The first-order valence-electron chi connectivity index (χ1n) is 9.88. The lowest BCUT2D eigenvalue weighted by atomic mass is 10.1. The number of nitrogens with zero attached hydrogens (tertiary/aromatic N) is 3. The third-order valence-corrected chi connectivity index (χ3v) is 4.94. The van der Waals surface area contributed by atoms with Crippen molar-refractivity contribution < 1.29 is 23.9 Å². The molecule has 0 atom stereocenters. The Morgan fingerprint density at radius 2 is 1.37 bits per heavy atom. The highest BCUT2D eigenvalue weighted by atomic mass is 16.6. The number of ether oxygens (including phenoxy) is 2. The smallest absolute Gasteiger partial charge is 0.409 e. The van der Waals surface area contributed by atoms with E-state index in [1.165, 1.54) is 0 Å². The fraction of sp³-hybridized carbons (Fsp3) is 0.833. The van der Waals surface area contributed by atoms with Crippen LogP contribution in [-0.4, -0.2) is 97.9 Å². The summed E-state index contributed by atoms with van der Waals surface area (Å²) in [5.74, 6) is 0.0393. The van der Waals surface area contributed by atoms with Gasteiger partial charge in [-0.15, -0.1) is 0 Å². The van der Waals surface area contributed by atoms with Gasteiger partial charge >= 0.3 is 12.2 Å². The van der Waals surface area contributed by atoms with Gasteiger partial charge in [0, 0.05) is 58.3 Å². The first kappa shape index (κ1) is 21.3. The number of piperidine rings is 1. The van der Waals surface area contributed by atoms with Crippen LogP contribution in [0.5, 0.6) is 0 Å². The van der Waals surface area contributed by atoms with Gasteiger partial charge in [0.2, 0.25) is 5.91 Å². The first-order chi connectivity index (χ1) is 13.0. The van der Waals surface area contributed by atoms with Gasteiger partial charge in [0.1, 0.15) is 0 Å². The van der Waals surface area contributed by atoms with Crippen LogP contribution in [0.3, 0.4) is 0 Å². The summed E-state index contributed by atoms with van der Waals surface area (Å²) in [6, 6.07) is 0.115. The van der Waals surface area contributed by atoms with Gasteiger partial charge in [0.05, 0.1) is 13.2 Å². The number of carbonyl (C=O) groups excluding carboxylic acids is 3. The average Bonchev–Trinajstić information content (AvgIpc) is 2.68. The maximum absolute atomic E-state index is 12.2. The van der Waals surface area contributed by atoms with Crippen molar-refractivity contribution in [1.82, 2.24) is 20.0 Å². The Balaban J connectivity index is 1.59. The molecule has 27 heavy (non-hydrogen) atoms. The second-order valence-corrected chi connectivity index (χ2v) is 6.81. The highest BCUT2D eigenvalue weighted by molar-refractivity contribution is 5.76. The van der Waals surface area contributed by atoms with Gasteiger partial charge in [-0.2, -0.15) is 0 Å². The minimum absolute atomic E-state index is 0.0393. The number of carbonyl (C=O) groups is 3. The number of piperazine rings is 1. The second-order valence-electron chi connectivity index (χ2n) is 6.81. The van der Waals surface area contributed by atoms with E-state index in [0.717, 1.165) is 25.9 Å². The summed E-state index contributed by atoms with van der Waals surface area (Å²) in [5, 5.41) is 3.06. The van der Waals surface area contributed by atoms with Crippen LogP contribution in [0.4, 0.5) is 9.59 Å². The molecule has 1 N–H and O–H groups in total. The molecular formula is C18H32N4O5. The quantitative estimate of drug-likeness (QED) is 0.731. The Labute approximate surface area is 160 Å². The number of hydrogen-bond acceptors (Lipinski definition) is 6. The van der Waals surface area contributed by atoms with E-state index in [2.05, 4.69) is 10.2 Å². The Morgan fingerprint density at radius 3 is 1.89 bits per heavy atom. The standard InChI is InChI=1S/C18H32N4O5/c1-3-26-17(24)21-9-5-15(6-10-21)19-16(23)7-8-20-11-13-22(14-12-20)18(25)27-4-2/h15H,3-14H2,1-2H3,(H,19,23). The fourth-order valence-corrected chi connectivity index (χ4v) is 3.35. The highest BCUT2D eigenvalue weighted by Gasteiger charge is 2.25. The average molecular weight is 384 g/mol. The van der Waals surface area contributed by atoms with Gasteiger partial charge in [-0.05, 0) is 26.7 Å². The Bertz CT molecular complexity index is 500. The van der Waals surface area contributed by atoms with E-state index in [0.29, 0.717) is 52.4 Å². The maximum atomic E-state index is 12.2. The summed E-state index contributed by atoms with van der Waals surface area (Å²) in [4.78, 5) is 41.2.